The van der Waals surface area contributed by atoms with Gasteiger partial charge in [-0.15, -0.1) is 0 Å². The van der Waals surface area contributed by atoms with Gasteiger partial charge in [0.1, 0.15) is 19.3 Å². The minimum atomic E-state index is -4.96. The molecule has 3 N–H and O–H groups in total. The maximum atomic E-state index is 13.1. The van der Waals surface area contributed by atoms with E-state index in [1.54, 1.807) is 0 Å². The minimum Gasteiger partial charge on any atom is -0.462 e. The lowest BCUT2D eigenvalue weighted by molar-refractivity contribution is -0.161. The van der Waals surface area contributed by atoms with Crippen molar-refractivity contribution in [3.05, 3.63) is 0 Å². The van der Waals surface area contributed by atoms with Crippen LogP contribution >= 0.6 is 15.6 Å². The summed E-state index contributed by atoms with van der Waals surface area (Å²) in [5.41, 5.74) is 0. The summed E-state index contributed by atoms with van der Waals surface area (Å²) >= 11 is 0. The van der Waals surface area contributed by atoms with Crippen molar-refractivity contribution in [1.82, 2.24) is 0 Å². The summed E-state index contributed by atoms with van der Waals surface area (Å²) in [6.07, 6.45) is 50.0. The number of carbonyl (C=O) groups is 4. The third kappa shape index (κ3) is 69.0. The third-order valence-corrected chi connectivity index (χ3v) is 19.8. The fourth-order valence-corrected chi connectivity index (χ4v) is 13.1. The molecule has 0 aliphatic rings. The molecule has 0 spiro atoms. The van der Waals surface area contributed by atoms with E-state index in [4.69, 9.17) is 37.0 Å². The van der Waals surface area contributed by atoms with E-state index in [1.807, 2.05) is 0 Å². The van der Waals surface area contributed by atoms with E-state index in [1.165, 1.54) is 180 Å². The number of ether oxygens (including phenoxy) is 4. The van der Waals surface area contributed by atoms with Crippen molar-refractivity contribution in [1.29, 1.82) is 0 Å². The Morgan fingerprint density at radius 3 is 0.747 bits per heavy atom. The number of phosphoric acid groups is 2. The summed E-state index contributed by atoms with van der Waals surface area (Å²) in [5, 5.41) is 10.6. The Hall–Kier alpha value is -1.94. The van der Waals surface area contributed by atoms with Crippen LogP contribution in [0.15, 0.2) is 0 Å². The molecule has 0 saturated carbocycles. The standard InChI is InChI=1S/C76H148O17P2/c1-9-69(8)55-47-39-34-35-41-49-57-74(79)87-63-72(93-75(80)58-50-42-32-26-20-15-11-10-13-17-22-28-36-44-52-66(2)3)65-91-95(84,85)89-61-70(77)60-88-94(82,83)90-64-71(92-76(81)59-51-43-33-27-21-24-30-38-46-54-68(6)7)62-86-73(78)56-48-40-31-25-19-16-12-14-18-23-29-37-45-53-67(4)5/h66-72,77H,9-65H2,1-8H3,(H,82,83)(H,84,85)/t69?,70-,71-,72-/m1/s1. The molecule has 3 unspecified atom stereocenters. The highest BCUT2D eigenvalue weighted by Crippen LogP contribution is 2.45. The molecule has 6 atom stereocenters. The zero-order valence-corrected chi connectivity index (χ0v) is 64.1. The molecular weight excluding hydrogens is 1250 g/mol. The van der Waals surface area contributed by atoms with Gasteiger partial charge in [0.25, 0.3) is 0 Å². The van der Waals surface area contributed by atoms with E-state index in [9.17, 15) is 43.2 Å². The van der Waals surface area contributed by atoms with Crippen LogP contribution in [0.25, 0.3) is 0 Å². The average Bonchev–Trinajstić information content (AvgIpc) is 1.97. The Labute approximate surface area is 581 Å². The molecular formula is C76H148O17P2. The number of phosphoric ester groups is 2. The molecule has 0 aromatic carbocycles. The predicted molar refractivity (Wildman–Crippen MR) is 386 cm³/mol. The molecule has 0 amide bonds. The largest absolute Gasteiger partial charge is 0.472 e. The lowest BCUT2D eigenvalue weighted by Gasteiger charge is -2.21. The summed E-state index contributed by atoms with van der Waals surface area (Å²) < 4.78 is 68.5. The smallest absolute Gasteiger partial charge is 0.462 e. The second-order valence-corrected chi connectivity index (χ2v) is 32.0. The van der Waals surface area contributed by atoms with Crippen molar-refractivity contribution < 1.29 is 80.2 Å². The van der Waals surface area contributed by atoms with E-state index in [-0.39, 0.29) is 25.7 Å². The molecule has 0 rings (SSSR count). The van der Waals surface area contributed by atoms with Crippen LogP contribution in [0.4, 0.5) is 0 Å². The Balaban J connectivity index is 5.23. The average molecular weight is 1400 g/mol. The second-order valence-electron chi connectivity index (χ2n) is 29.1. The van der Waals surface area contributed by atoms with Gasteiger partial charge in [0.2, 0.25) is 0 Å². The molecule has 0 aromatic rings. The first-order valence-corrected chi connectivity index (χ1v) is 42.2. The lowest BCUT2D eigenvalue weighted by atomic mass is 10.00. The highest BCUT2D eigenvalue weighted by Gasteiger charge is 2.30. The molecule has 0 aliphatic heterocycles. The molecule has 564 valence electrons. The quantitative estimate of drug-likeness (QED) is 0.0222. The Morgan fingerprint density at radius 1 is 0.295 bits per heavy atom. The molecule has 0 saturated heterocycles. The van der Waals surface area contributed by atoms with E-state index < -0.39 is 97.5 Å². The third-order valence-electron chi connectivity index (χ3n) is 17.9. The molecule has 0 radical (unpaired) electrons. The van der Waals surface area contributed by atoms with Gasteiger partial charge >= 0.3 is 39.5 Å². The first-order valence-electron chi connectivity index (χ1n) is 39.2. The number of hydrogen-bond acceptors (Lipinski definition) is 15. The number of esters is 4. The zero-order valence-electron chi connectivity index (χ0n) is 62.3. The Bertz CT molecular complexity index is 1870. The SMILES string of the molecule is CCC(C)CCCCCCCCC(=O)OC[C@H](COP(=O)(O)OC[C@H](O)COP(=O)(O)OC[C@@H](COC(=O)CCCCCCCCCCCCCCCC(C)C)OC(=O)CCCCCCCCCCCC(C)C)OC(=O)CCCCCCCCCCCCCCCCC(C)C. The molecule has 0 fully saturated rings. The van der Waals surface area contributed by atoms with Crippen molar-refractivity contribution in [3.8, 4) is 0 Å². The number of carbonyl (C=O) groups excluding carboxylic acids is 4. The Kier molecular flexibility index (Phi) is 64.0. The minimum absolute atomic E-state index is 0.105. The van der Waals surface area contributed by atoms with Crippen molar-refractivity contribution >= 4 is 39.5 Å². The molecule has 19 heteroatoms. The molecule has 0 aromatic heterocycles. The summed E-state index contributed by atoms with van der Waals surface area (Å²) in [4.78, 5) is 72.8. The molecule has 0 aliphatic carbocycles. The first-order chi connectivity index (χ1) is 45.6. The number of rotatable bonds is 73. The van der Waals surface area contributed by atoms with Crippen LogP contribution in [0.3, 0.4) is 0 Å². The fourth-order valence-electron chi connectivity index (χ4n) is 11.5. The number of unbranched alkanes of at least 4 members (excludes halogenated alkanes) is 38. The highest BCUT2D eigenvalue weighted by atomic mass is 31.2. The van der Waals surface area contributed by atoms with E-state index in [0.29, 0.717) is 25.7 Å². The van der Waals surface area contributed by atoms with Gasteiger partial charge in [-0.3, -0.25) is 37.3 Å². The summed E-state index contributed by atoms with van der Waals surface area (Å²) in [6.45, 7) is 14.2. The summed E-state index contributed by atoms with van der Waals surface area (Å²) in [7, 11) is -9.91. The van der Waals surface area contributed by atoms with Crippen molar-refractivity contribution in [2.75, 3.05) is 39.6 Å². The van der Waals surface area contributed by atoms with Gasteiger partial charge in [-0.1, -0.05) is 331 Å². The normalized spacial score (nSPS) is 14.4. The van der Waals surface area contributed by atoms with Crippen molar-refractivity contribution in [3.63, 3.8) is 0 Å². The molecule has 17 nitrogen and oxygen atoms in total. The van der Waals surface area contributed by atoms with E-state index in [2.05, 4.69) is 55.4 Å². The van der Waals surface area contributed by atoms with Gasteiger partial charge in [-0.25, -0.2) is 9.13 Å². The predicted octanol–water partition coefficient (Wildman–Crippen LogP) is 22.0. The van der Waals surface area contributed by atoms with Crippen LogP contribution in [-0.2, 0) is 65.4 Å². The lowest BCUT2D eigenvalue weighted by Crippen LogP contribution is -2.30. The van der Waals surface area contributed by atoms with Crippen LogP contribution in [0.2, 0.25) is 0 Å². The highest BCUT2D eigenvalue weighted by molar-refractivity contribution is 7.47. The number of hydrogen-bond donors (Lipinski definition) is 3. The van der Waals surface area contributed by atoms with E-state index in [0.717, 1.165) is 120 Å². The summed E-state index contributed by atoms with van der Waals surface area (Å²) in [6, 6.07) is 0. The van der Waals surface area contributed by atoms with Gasteiger partial charge in [-0.05, 0) is 49.4 Å². The monoisotopic (exact) mass is 1400 g/mol. The molecule has 0 bridgehead atoms. The number of aliphatic hydroxyl groups is 1. The van der Waals surface area contributed by atoms with Crippen LogP contribution in [-0.4, -0.2) is 96.7 Å². The van der Waals surface area contributed by atoms with Crippen LogP contribution in [0.5, 0.6) is 0 Å². The van der Waals surface area contributed by atoms with Gasteiger partial charge < -0.3 is 33.8 Å². The van der Waals surface area contributed by atoms with Crippen molar-refractivity contribution in [2.24, 2.45) is 23.7 Å². The molecule has 95 heavy (non-hydrogen) atoms. The Morgan fingerprint density at radius 2 is 0.505 bits per heavy atom. The van der Waals surface area contributed by atoms with Crippen LogP contribution < -0.4 is 0 Å². The molecule has 0 heterocycles. The first kappa shape index (κ1) is 93.1. The topological polar surface area (TPSA) is 237 Å². The number of aliphatic hydroxyl groups excluding tert-OH is 1. The maximum Gasteiger partial charge on any atom is 0.472 e. The van der Waals surface area contributed by atoms with Gasteiger partial charge in [-0.2, -0.15) is 0 Å². The fraction of sp³-hybridized carbons (Fsp3) is 0.947. The van der Waals surface area contributed by atoms with Crippen molar-refractivity contribution in [2.45, 2.75) is 401 Å². The van der Waals surface area contributed by atoms with Gasteiger partial charge in [0, 0.05) is 25.7 Å². The zero-order chi connectivity index (χ0) is 70.3. The van der Waals surface area contributed by atoms with Crippen LogP contribution in [0.1, 0.15) is 383 Å². The van der Waals surface area contributed by atoms with Crippen LogP contribution in [0, 0.1) is 23.7 Å². The van der Waals surface area contributed by atoms with Gasteiger partial charge in [0.05, 0.1) is 26.4 Å². The van der Waals surface area contributed by atoms with E-state index >= 15 is 0 Å². The second kappa shape index (κ2) is 65.4. The maximum absolute atomic E-state index is 13.1. The van der Waals surface area contributed by atoms with Gasteiger partial charge in [0.15, 0.2) is 12.2 Å². The summed E-state index contributed by atoms with van der Waals surface area (Å²) in [5.74, 6) is 0.932.